The normalized spacial score (nSPS) is 11.3. The van der Waals surface area contributed by atoms with Crippen molar-refractivity contribution >= 4 is 23.2 Å². The van der Waals surface area contributed by atoms with Gasteiger partial charge in [0.25, 0.3) is 5.91 Å². The summed E-state index contributed by atoms with van der Waals surface area (Å²) in [6, 6.07) is 6.67. The zero-order chi connectivity index (χ0) is 17.0. The topological polar surface area (TPSA) is 79.3 Å². The van der Waals surface area contributed by atoms with Crippen LogP contribution in [0.5, 0.6) is 0 Å². The Kier molecular flexibility index (Phi) is 5.15. The van der Waals surface area contributed by atoms with Crippen LogP contribution in [0.2, 0.25) is 0 Å². The summed E-state index contributed by atoms with van der Waals surface area (Å²) in [5.41, 5.74) is 3.58. The molecule has 0 bridgehead atoms. The van der Waals surface area contributed by atoms with E-state index in [2.05, 4.69) is 10.3 Å². The van der Waals surface area contributed by atoms with E-state index < -0.39 is 5.97 Å². The summed E-state index contributed by atoms with van der Waals surface area (Å²) in [5, 5.41) is 11.8. The van der Waals surface area contributed by atoms with E-state index in [0.29, 0.717) is 17.8 Å². The number of amides is 1. The van der Waals surface area contributed by atoms with Crippen molar-refractivity contribution < 1.29 is 14.7 Å². The molecule has 0 aliphatic rings. The first-order valence-electron chi connectivity index (χ1n) is 7.33. The molecule has 1 aromatic heterocycles. The van der Waals surface area contributed by atoms with E-state index in [1.807, 2.05) is 20.8 Å². The van der Waals surface area contributed by atoms with Crippen LogP contribution in [0, 0.1) is 0 Å². The van der Waals surface area contributed by atoms with E-state index in [4.69, 9.17) is 5.11 Å². The second kappa shape index (κ2) is 6.91. The molecule has 2 aromatic rings. The Morgan fingerprint density at radius 3 is 2.43 bits per heavy atom. The second-order valence-electron chi connectivity index (χ2n) is 6.29. The number of thiazole rings is 1. The highest BCUT2D eigenvalue weighted by molar-refractivity contribution is 7.11. The summed E-state index contributed by atoms with van der Waals surface area (Å²) in [5.74, 6) is -1.05. The fourth-order valence-electron chi connectivity index (χ4n) is 2.16. The number of nitrogens with zero attached hydrogens (tertiary/aromatic N) is 1. The first-order chi connectivity index (χ1) is 10.8. The Bertz CT molecular complexity index is 699. The van der Waals surface area contributed by atoms with Crippen LogP contribution < -0.4 is 5.32 Å². The van der Waals surface area contributed by atoms with Gasteiger partial charge < -0.3 is 10.4 Å². The third kappa shape index (κ3) is 4.39. The minimum atomic E-state index is -0.940. The number of nitrogens with one attached hydrogen (secondary N) is 1. The van der Waals surface area contributed by atoms with Crippen molar-refractivity contribution in [3.05, 3.63) is 51.5 Å². The molecule has 0 saturated carbocycles. The van der Waals surface area contributed by atoms with Gasteiger partial charge >= 0.3 is 5.97 Å². The molecule has 0 spiro atoms. The van der Waals surface area contributed by atoms with Crippen molar-refractivity contribution in [1.29, 1.82) is 0 Å². The molecule has 0 fully saturated rings. The van der Waals surface area contributed by atoms with Crippen LogP contribution in [0.4, 0.5) is 0 Å². The van der Waals surface area contributed by atoms with Crippen molar-refractivity contribution in [3.8, 4) is 0 Å². The van der Waals surface area contributed by atoms with E-state index in [1.54, 1.807) is 29.8 Å². The maximum Gasteiger partial charge on any atom is 0.335 e. The lowest BCUT2D eigenvalue weighted by Gasteiger charge is -2.17. The number of hydrogen-bond donors (Lipinski definition) is 2. The third-order valence-corrected chi connectivity index (χ3v) is 4.21. The fourth-order valence-corrected chi connectivity index (χ4v) is 3.07. The monoisotopic (exact) mass is 332 g/mol. The molecule has 0 atom stereocenters. The molecule has 23 heavy (non-hydrogen) atoms. The molecule has 1 amide bonds. The summed E-state index contributed by atoms with van der Waals surface area (Å²) in [4.78, 5) is 28.0. The van der Waals surface area contributed by atoms with Crippen LogP contribution in [0.25, 0.3) is 0 Å². The number of carbonyl (C=O) groups excluding carboxylic acids is 1. The molecule has 122 valence electrons. The second-order valence-corrected chi connectivity index (χ2v) is 7.14. The summed E-state index contributed by atoms with van der Waals surface area (Å²) in [6.07, 6.45) is 0.648. The van der Waals surface area contributed by atoms with E-state index in [9.17, 15) is 9.59 Å². The molecular formula is C17H20N2O3S. The van der Waals surface area contributed by atoms with E-state index in [0.717, 1.165) is 11.3 Å². The van der Waals surface area contributed by atoms with E-state index >= 15 is 0 Å². The Labute approximate surface area is 139 Å². The number of carboxylic acid groups (broad SMARTS) is 1. The fraction of sp³-hybridized carbons (Fsp3) is 0.353. The summed E-state index contributed by atoms with van der Waals surface area (Å²) >= 11 is 1.35. The lowest BCUT2D eigenvalue weighted by molar-refractivity contribution is 0.0696. The first-order valence-corrected chi connectivity index (χ1v) is 8.21. The van der Waals surface area contributed by atoms with Gasteiger partial charge in [-0.3, -0.25) is 4.79 Å². The SMILES string of the molecule is CC(C)(C)c1ncsc1C(=O)NCCc1ccc(C(=O)O)cc1. The van der Waals surface area contributed by atoms with Gasteiger partial charge in [-0.05, 0) is 24.1 Å². The van der Waals surface area contributed by atoms with Gasteiger partial charge in [-0.15, -0.1) is 11.3 Å². The predicted molar refractivity (Wildman–Crippen MR) is 90.3 cm³/mol. The first kappa shape index (κ1) is 17.1. The zero-order valence-electron chi connectivity index (χ0n) is 13.4. The highest BCUT2D eigenvalue weighted by Gasteiger charge is 2.24. The minimum Gasteiger partial charge on any atom is -0.478 e. The lowest BCUT2D eigenvalue weighted by Crippen LogP contribution is -2.27. The largest absolute Gasteiger partial charge is 0.478 e. The molecule has 5 nitrogen and oxygen atoms in total. The molecule has 0 saturated heterocycles. The molecule has 6 heteroatoms. The lowest BCUT2D eigenvalue weighted by atomic mass is 9.91. The number of aromatic carboxylic acids is 1. The molecule has 0 aliphatic carbocycles. The number of carbonyl (C=O) groups is 2. The average Bonchev–Trinajstić information content (AvgIpc) is 2.97. The standard InChI is InChI=1S/C17H20N2O3S/c1-17(2,3)14-13(23-10-19-14)15(20)18-9-8-11-4-6-12(7-5-11)16(21)22/h4-7,10H,8-9H2,1-3H3,(H,18,20)(H,21,22). The van der Waals surface area contributed by atoms with Gasteiger partial charge in [0.05, 0.1) is 16.8 Å². The van der Waals surface area contributed by atoms with Crippen molar-refractivity contribution in [2.45, 2.75) is 32.6 Å². The Morgan fingerprint density at radius 1 is 1.22 bits per heavy atom. The molecule has 2 rings (SSSR count). The van der Waals surface area contributed by atoms with Gasteiger partial charge in [-0.25, -0.2) is 9.78 Å². The number of benzene rings is 1. The Balaban J connectivity index is 1.93. The van der Waals surface area contributed by atoms with Gasteiger partial charge in [0.1, 0.15) is 4.88 Å². The van der Waals surface area contributed by atoms with Crippen LogP contribution >= 0.6 is 11.3 Å². The highest BCUT2D eigenvalue weighted by atomic mass is 32.1. The van der Waals surface area contributed by atoms with Crippen LogP contribution in [0.3, 0.4) is 0 Å². The van der Waals surface area contributed by atoms with Crippen molar-refractivity contribution in [1.82, 2.24) is 10.3 Å². The molecule has 1 heterocycles. The van der Waals surface area contributed by atoms with Crippen LogP contribution in [-0.2, 0) is 11.8 Å². The molecule has 2 N–H and O–H groups in total. The summed E-state index contributed by atoms with van der Waals surface area (Å²) in [7, 11) is 0. The van der Waals surface area contributed by atoms with Gasteiger partial charge in [-0.1, -0.05) is 32.9 Å². The smallest absolute Gasteiger partial charge is 0.335 e. The molecule has 0 radical (unpaired) electrons. The quantitative estimate of drug-likeness (QED) is 0.882. The van der Waals surface area contributed by atoms with Gasteiger partial charge in [0.2, 0.25) is 0 Å². The summed E-state index contributed by atoms with van der Waals surface area (Å²) in [6.45, 7) is 6.58. The van der Waals surface area contributed by atoms with Crippen molar-refractivity contribution in [2.24, 2.45) is 0 Å². The minimum absolute atomic E-state index is 0.111. The zero-order valence-corrected chi connectivity index (χ0v) is 14.2. The van der Waals surface area contributed by atoms with E-state index in [-0.39, 0.29) is 16.9 Å². The van der Waals surface area contributed by atoms with Crippen LogP contribution in [0.1, 0.15) is 52.1 Å². The number of carboxylic acids is 1. The number of aromatic nitrogens is 1. The Morgan fingerprint density at radius 2 is 1.87 bits per heavy atom. The molecule has 0 unspecified atom stereocenters. The van der Waals surface area contributed by atoms with Crippen LogP contribution in [-0.4, -0.2) is 28.5 Å². The maximum atomic E-state index is 12.3. The predicted octanol–water partition coefficient (Wildman–Crippen LogP) is 3.11. The number of hydrogen-bond acceptors (Lipinski definition) is 4. The van der Waals surface area contributed by atoms with Gasteiger partial charge in [0, 0.05) is 12.0 Å². The van der Waals surface area contributed by atoms with Gasteiger partial charge in [-0.2, -0.15) is 0 Å². The van der Waals surface area contributed by atoms with Gasteiger partial charge in [0.15, 0.2) is 0 Å². The third-order valence-electron chi connectivity index (χ3n) is 3.38. The summed E-state index contributed by atoms with van der Waals surface area (Å²) < 4.78 is 0. The van der Waals surface area contributed by atoms with Crippen molar-refractivity contribution in [3.63, 3.8) is 0 Å². The van der Waals surface area contributed by atoms with Crippen molar-refractivity contribution in [2.75, 3.05) is 6.54 Å². The highest BCUT2D eigenvalue weighted by Crippen LogP contribution is 2.26. The van der Waals surface area contributed by atoms with Crippen LogP contribution in [0.15, 0.2) is 29.8 Å². The molecular weight excluding hydrogens is 312 g/mol. The van der Waals surface area contributed by atoms with E-state index in [1.165, 1.54) is 11.3 Å². The maximum absolute atomic E-state index is 12.3. The average molecular weight is 332 g/mol. The molecule has 0 aliphatic heterocycles. The Hall–Kier alpha value is -2.21. The molecule has 1 aromatic carbocycles. The number of rotatable bonds is 5.